The van der Waals surface area contributed by atoms with E-state index in [0.717, 1.165) is 43.7 Å². The molecule has 1 aliphatic heterocycles. The zero-order valence-corrected chi connectivity index (χ0v) is 13.7. The summed E-state index contributed by atoms with van der Waals surface area (Å²) in [6.07, 6.45) is 3.49. The summed E-state index contributed by atoms with van der Waals surface area (Å²) >= 11 is 0. The molecule has 120 valence electrons. The summed E-state index contributed by atoms with van der Waals surface area (Å²) in [7, 11) is 2.07. The molecule has 1 fully saturated rings. The molecule has 0 N–H and O–H groups in total. The topological polar surface area (TPSA) is 23.6 Å². The van der Waals surface area contributed by atoms with Crippen molar-refractivity contribution in [3.05, 3.63) is 65.7 Å². The molecule has 0 unspecified atom stereocenters. The van der Waals surface area contributed by atoms with Crippen molar-refractivity contribution >= 4 is 11.6 Å². The molecule has 2 aromatic carbocycles. The van der Waals surface area contributed by atoms with Crippen molar-refractivity contribution in [2.75, 3.05) is 25.0 Å². The Morgan fingerprint density at radius 3 is 2.48 bits per heavy atom. The minimum atomic E-state index is 0.166. The second kappa shape index (κ2) is 7.32. The number of likely N-dealkylation sites (tertiary alicyclic amines) is 1. The number of nitrogens with zero attached hydrogens (tertiary/aromatic N) is 2. The Kier molecular flexibility index (Phi) is 4.96. The average Bonchev–Trinajstić information content (AvgIpc) is 2.63. The first-order valence-corrected chi connectivity index (χ1v) is 8.38. The lowest BCUT2D eigenvalue weighted by molar-refractivity contribution is 0.0724. The van der Waals surface area contributed by atoms with Crippen molar-refractivity contribution in [1.29, 1.82) is 0 Å². The summed E-state index contributed by atoms with van der Waals surface area (Å²) in [6.45, 7) is 2.62. The lowest BCUT2D eigenvalue weighted by Gasteiger charge is -2.27. The van der Waals surface area contributed by atoms with E-state index in [4.69, 9.17) is 0 Å². The van der Waals surface area contributed by atoms with Crippen LogP contribution in [0.2, 0.25) is 0 Å². The van der Waals surface area contributed by atoms with E-state index in [1.54, 1.807) is 0 Å². The Bertz CT molecular complexity index is 648. The van der Waals surface area contributed by atoms with Crippen LogP contribution < -0.4 is 4.90 Å². The van der Waals surface area contributed by atoms with E-state index in [1.807, 2.05) is 29.2 Å². The van der Waals surface area contributed by atoms with Gasteiger partial charge in [0, 0.05) is 37.9 Å². The van der Waals surface area contributed by atoms with E-state index in [1.165, 1.54) is 12.0 Å². The molecule has 0 bridgehead atoms. The Labute approximate surface area is 138 Å². The van der Waals surface area contributed by atoms with Crippen LogP contribution in [-0.4, -0.2) is 30.9 Å². The van der Waals surface area contributed by atoms with E-state index >= 15 is 0 Å². The summed E-state index contributed by atoms with van der Waals surface area (Å²) in [5, 5.41) is 0. The number of amides is 1. The molecule has 2 aromatic rings. The van der Waals surface area contributed by atoms with Crippen molar-refractivity contribution in [3.8, 4) is 0 Å². The summed E-state index contributed by atoms with van der Waals surface area (Å²) in [4.78, 5) is 16.8. The van der Waals surface area contributed by atoms with E-state index in [0.29, 0.717) is 0 Å². The van der Waals surface area contributed by atoms with Gasteiger partial charge in [-0.05, 0) is 43.0 Å². The van der Waals surface area contributed by atoms with Gasteiger partial charge < -0.3 is 9.80 Å². The lowest BCUT2D eigenvalue weighted by Crippen LogP contribution is -2.35. The maximum absolute atomic E-state index is 12.6. The van der Waals surface area contributed by atoms with Gasteiger partial charge in [-0.3, -0.25) is 4.79 Å². The van der Waals surface area contributed by atoms with Gasteiger partial charge in [-0.2, -0.15) is 0 Å². The highest BCUT2D eigenvalue weighted by Gasteiger charge is 2.18. The van der Waals surface area contributed by atoms with Gasteiger partial charge in [-0.25, -0.2) is 0 Å². The van der Waals surface area contributed by atoms with Crippen LogP contribution in [0.5, 0.6) is 0 Å². The molecule has 0 atom stereocenters. The number of piperidine rings is 1. The molecule has 1 heterocycles. The van der Waals surface area contributed by atoms with Gasteiger partial charge in [0.05, 0.1) is 0 Å². The van der Waals surface area contributed by atoms with Crippen LogP contribution in [-0.2, 0) is 6.54 Å². The van der Waals surface area contributed by atoms with Gasteiger partial charge in [-0.1, -0.05) is 36.4 Å². The molecular formula is C20H24N2O. The Hall–Kier alpha value is -2.29. The van der Waals surface area contributed by atoms with E-state index in [2.05, 4.69) is 42.3 Å². The maximum atomic E-state index is 12.6. The minimum Gasteiger partial charge on any atom is -0.370 e. The Morgan fingerprint density at radius 2 is 1.74 bits per heavy atom. The van der Waals surface area contributed by atoms with Crippen molar-refractivity contribution in [3.63, 3.8) is 0 Å². The van der Waals surface area contributed by atoms with Gasteiger partial charge in [0.1, 0.15) is 0 Å². The van der Waals surface area contributed by atoms with Gasteiger partial charge in [0.2, 0.25) is 0 Å². The molecule has 3 rings (SSSR count). The number of anilines is 1. The van der Waals surface area contributed by atoms with Crippen molar-refractivity contribution in [2.24, 2.45) is 0 Å². The normalized spacial score (nSPS) is 14.6. The highest BCUT2D eigenvalue weighted by Crippen LogP contribution is 2.20. The number of carbonyl (C=O) groups excluding carboxylic acids is 1. The number of carbonyl (C=O) groups is 1. The smallest absolute Gasteiger partial charge is 0.253 e. The largest absolute Gasteiger partial charge is 0.370 e. The van der Waals surface area contributed by atoms with E-state index in [9.17, 15) is 4.79 Å². The van der Waals surface area contributed by atoms with Crippen LogP contribution in [0.4, 0.5) is 5.69 Å². The monoisotopic (exact) mass is 308 g/mol. The quantitative estimate of drug-likeness (QED) is 0.854. The van der Waals surface area contributed by atoms with Gasteiger partial charge in [0.25, 0.3) is 5.91 Å². The Balaban J connectivity index is 1.72. The molecule has 1 amide bonds. The molecule has 3 nitrogen and oxygen atoms in total. The van der Waals surface area contributed by atoms with Crippen LogP contribution in [0.1, 0.15) is 35.2 Å². The summed E-state index contributed by atoms with van der Waals surface area (Å²) in [5.74, 6) is 0.166. The Morgan fingerprint density at radius 1 is 1.00 bits per heavy atom. The number of rotatable bonds is 4. The van der Waals surface area contributed by atoms with Crippen molar-refractivity contribution in [2.45, 2.75) is 25.8 Å². The fraction of sp³-hybridized carbons (Fsp3) is 0.350. The molecule has 0 saturated carbocycles. The minimum absolute atomic E-state index is 0.166. The zero-order valence-electron chi connectivity index (χ0n) is 13.7. The SMILES string of the molecule is CN(Cc1ccccc1)c1cccc(C(=O)N2CCCCC2)c1. The highest BCUT2D eigenvalue weighted by molar-refractivity contribution is 5.95. The fourth-order valence-corrected chi connectivity index (χ4v) is 3.10. The molecule has 1 saturated heterocycles. The van der Waals surface area contributed by atoms with Crippen LogP contribution in [0, 0.1) is 0 Å². The first kappa shape index (κ1) is 15.6. The molecule has 0 radical (unpaired) electrons. The first-order chi connectivity index (χ1) is 11.2. The summed E-state index contributed by atoms with van der Waals surface area (Å²) in [5.41, 5.74) is 3.14. The van der Waals surface area contributed by atoms with Gasteiger partial charge in [0.15, 0.2) is 0 Å². The standard InChI is InChI=1S/C20H24N2O/c1-21(16-17-9-4-2-5-10-17)19-12-8-11-18(15-19)20(23)22-13-6-3-7-14-22/h2,4-5,8-12,15H,3,6-7,13-14,16H2,1H3. The predicted molar refractivity (Wildman–Crippen MR) is 94.7 cm³/mol. The number of hydrogen-bond donors (Lipinski definition) is 0. The third-order valence-electron chi connectivity index (χ3n) is 4.44. The molecule has 0 spiro atoms. The van der Waals surface area contributed by atoms with Crippen molar-refractivity contribution < 1.29 is 4.79 Å². The van der Waals surface area contributed by atoms with Crippen LogP contribution in [0.15, 0.2) is 54.6 Å². The van der Waals surface area contributed by atoms with Crippen molar-refractivity contribution in [1.82, 2.24) is 4.90 Å². The number of hydrogen-bond acceptors (Lipinski definition) is 2. The average molecular weight is 308 g/mol. The van der Waals surface area contributed by atoms with Gasteiger partial charge in [-0.15, -0.1) is 0 Å². The third-order valence-corrected chi connectivity index (χ3v) is 4.44. The lowest BCUT2D eigenvalue weighted by atomic mass is 10.1. The highest BCUT2D eigenvalue weighted by atomic mass is 16.2. The number of benzene rings is 2. The molecular weight excluding hydrogens is 284 g/mol. The fourth-order valence-electron chi connectivity index (χ4n) is 3.10. The second-order valence-electron chi connectivity index (χ2n) is 6.24. The molecule has 0 aromatic heterocycles. The van der Waals surface area contributed by atoms with E-state index < -0.39 is 0 Å². The summed E-state index contributed by atoms with van der Waals surface area (Å²) in [6, 6.07) is 18.4. The second-order valence-corrected chi connectivity index (χ2v) is 6.24. The molecule has 0 aliphatic carbocycles. The third kappa shape index (κ3) is 3.92. The predicted octanol–water partition coefficient (Wildman–Crippen LogP) is 3.95. The summed E-state index contributed by atoms with van der Waals surface area (Å²) < 4.78 is 0. The molecule has 1 aliphatic rings. The van der Waals surface area contributed by atoms with E-state index in [-0.39, 0.29) is 5.91 Å². The molecule has 3 heteroatoms. The zero-order chi connectivity index (χ0) is 16.1. The van der Waals surface area contributed by atoms with Gasteiger partial charge >= 0.3 is 0 Å². The van der Waals surface area contributed by atoms with Crippen LogP contribution >= 0.6 is 0 Å². The molecule has 23 heavy (non-hydrogen) atoms. The first-order valence-electron chi connectivity index (χ1n) is 8.38. The van der Waals surface area contributed by atoms with Crippen LogP contribution in [0.25, 0.3) is 0 Å². The van der Waals surface area contributed by atoms with Crippen LogP contribution in [0.3, 0.4) is 0 Å². The maximum Gasteiger partial charge on any atom is 0.253 e.